The van der Waals surface area contributed by atoms with E-state index in [1.54, 1.807) is 24.4 Å². The fraction of sp³-hybridized carbons (Fsp3) is 0.250. The number of benzene rings is 2. The Hall–Kier alpha value is -3.50. The van der Waals surface area contributed by atoms with Crippen molar-refractivity contribution in [3.63, 3.8) is 0 Å². The van der Waals surface area contributed by atoms with Gasteiger partial charge in [0.05, 0.1) is 10.5 Å². The Morgan fingerprint density at radius 1 is 1.12 bits per heavy atom. The number of piperazine rings is 1. The minimum absolute atomic E-state index is 0.118. The molecule has 1 N–H and O–H groups in total. The second-order valence-electron chi connectivity index (χ2n) is 7.93. The van der Waals surface area contributed by atoms with Crippen LogP contribution in [-0.2, 0) is 6.54 Å². The summed E-state index contributed by atoms with van der Waals surface area (Å²) in [6.45, 7) is 3.73. The summed E-state index contributed by atoms with van der Waals surface area (Å²) in [6.07, 6.45) is 1.72. The Morgan fingerprint density at radius 2 is 1.88 bits per heavy atom. The first-order chi connectivity index (χ1) is 16.4. The van der Waals surface area contributed by atoms with Crippen molar-refractivity contribution >= 4 is 29.2 Å². The van der Waals surface area contributed by atoms with Crippen LogP contribution < -0.4 is 10.2 Å². The van der Waals surface area contributed by atoms with Gasteiger partial charge in [0.15, 0.2) is 0 Å². The SMILES string of the molecule is CN1CCN(c2ncccc2CNC(=O)c2cc([N+](=O)[O-])ccc2Sc2ccccc2F)CC1. The highest BCUT2D eigenvalue weighted by Crippen LogP contribution is 2.34. The van der Waals surface area contributed by atoms with Crippen LogP contribution in [0.3, 0.4) is 0 Å². The quantitative estimate of drug-likeness (QED) is 0.403. The number of halogens is 1. The molecule has 10 heteroatoms. The van der Waals surface area contributed by atoms with E-state index >= 15 is 0 Å². The van der Waals surface area contributed by atoms with E-state index in [-0.39, 0.29) is 17.8 Å². The number of nitrogens with one attached hydrogen (secondary N) is 1. The van der Waals surface area contributed by atoms with Crippen molar-refractivity contribution in [2.45, 2.75) is 16.3 Å². The minimum Gasteiger partial charge on any atom is -0.354 e. The summed E-state index contributed by atoms with van der Waals surface area (Å²) in [5.41, 5.74) is 0.768. The number of likely N-dealkylation sites (N-methyl/N-ethyl adjacent to an activating group) is 1. The number of carbonyl (C=O) groups excluding carboxylic acids is 1. The van der Waals surface area contributed by atoms with Crippen LogP contribution in [0, 0.1) is 15.9 Å². The maximum atomic E-state index is 14.2. The highest BCUT2D eigenvalue weighted by molar-refractivity contribution is 7.99. The molecule has 34 heavy (non-hydrogen) atoms. The van der Waals surface area contributed by atoms with Crippen LogP contribution in [0.2, 0.25) is 0 Å². The predicted octanol–water partition coefficient (Wildman–Crippen LogP) is 3.96. The molecule has 0 saturated carbocycles. The highest BCUT2D eigenvalue weighted by Gasteiger charge is 2.21. The number of nitro groups is 1. The number of non-ortho nitro benzene ring substituents is 1. The van der Waals surface area contributed by atoms with Gasteiger partial charge in [0.25, 0.3) is 11.6 Å². The number of aromatic nitrogens is 1. The van der Waals surface area contributed by atoms with Crippen LogP contribution in [0.4, 0.5) is 15.9 Å². The van der Waals surface area contributed by atoms with Gasteiger partial charge in [-0.2, -0.15) is 0 Å². The molecule has 0 radical (unpaired) electrons. The van der Waals surface area contributed by atoms with Gasteiger partial charge in [-0.1, -0.05) is 30.0 Å². The molecular formula is C24H24FN5O3S. The largest absolute Gasteiger partial charge is 0.354 e. The van der Waals surface area contributed by atoms with Gasteiger partial charge in [0.1, 0.15) is 11.6 Å². The minimum atomic E-state index is -0.555. The number of nitro benzene ring substituents is 1. The first-order valence-corrected chi connectivity index (χ1v) is 11.6. The number of anilines is 1. The van der Waals surface area contributed by atoms with Crippen molar-refractivity contribution in [2.75, 3.05) is 38.1 Å². The van der Waals surface area contributed by atoms with Crippen molar-refractivity contribution in [1.29, 1.82) is 0 Å². The van der Waals surface area contributed by atoms with Crippen molar-refractivity contribution in [1.82, 2.24) is 15.2 Å². The first-order valence-electron chi connectivity index (χ1n) is 10.8. The summed E-state index contributed by atoms with van der Waals surface area (Å²) in [5, 5.41) is 14.2. The van der Waals surface area contributed by atoms with Crippen molar-refractivity contribution in [3.8, 4) is 0 Å². The Labute approximate surface area is 200 Å². The van der Waals surface area contributed by atoms with Crippen LogP contribution in [0.5, 0.6) is 0 Å². The lowest BCUT2D eigenvalue weighted by molar-refractivity contribution is -0.384. The predicted molar refractivity (Wildman–Crippen MR) is 129 cm³/mol. The molecule has 4 rings (SSSR count). The monoisotopic (exact) mass is 481 g/mol. The summed E-state index contributed by atoms with van der Waals surface area (Å²) in [5.74, 6) is -0.0870. The van der Waals surface area contributed by atoms with Gasteiger partial charge in [-0.05, 0) is 31.3 Å². The maximum Gasteiger partial charge on any atom is 0.270 e. The number of nitrogens with zero attached hydrogens (tertiary/aromatic N) is 4. The van der Waals surface area contributed by atoms with Gasteiger partial charge in [-0.25, -0.2) is 9.37 Å². The van der Waals surface area contributed by atoms with E-state index in [0.29, 0.717) is 9.79 Å². The lowest BCUT2D eigenvalue weighted by Gasteiger charge is -2.34. The molecule has 1 aliphatic heterocycles. The third-order valence-corrected chi connectivity index (χ3v) is 6.71. The topological polar surface area (TPSA) is 91.6 Å². The van der Waals surface area contributed by atoms with Crippen LogP contribution in [-0.4, -0.2) is 53.9 Å². The number of pyridine rings is 1. The Kier molecular flexibility index (Phi) is 7.39. The van der Waals surface area contributed by atoms with Gasteiger partial charge in [-0.3, -0.25) is 14.9 Å². The number of rotatable bonds is 7. The van der Waals surface area contributed by atoms with E-state index in [1.807, 2.05) is 12.1 Å². The molecule has 1 aliphatic rings. The van der Waals surface area contributed by atoms with Gasteiger partial charge in [-0.15, -0.1) is 0 Å². The molecule has 8 nitrogen and oxygen atoms in total. The van der Waals surface area contributed by atoms with Gasteiger partial charge in [0, 0.05) is 66.4 Å². The van der Waals surface area contributed by atoms with E-state index in [0.717, 1.165) is 49.3 Å². The fourth-order valence-corrected chi connectivity index (χ4v) is 4.63. The Balaban J connectivity index is 1.56. The fourth-order valence-electron chi connectivity index (χ4n) is 3.69. The molecule has 0 aliphatic carbocycles. The van der Waals surface area contributed by atoms with Crippen LogP contribution in [0.15, 0.2) is 70.6 Å². The highest BCUT2D eigenvalue weighted by atomic mass is 32.2. The molecule has 2 heterocycles. The number of hydrogen-bond acceptors (Lipinski definition) is 7. The molecular weight excluding hydrogens is 457 g/mol. The molecule has 0 unspecified atom stereocenters. The van der Waals surface area contributed by atoms with Crippen LogP contribution >= 0.6 is 11.8 Å². The summed E-state index contributed by atoms with van der Waals surface area (Å²) in [7, 11) is 2.08. The zero-order chi connectivity index (χ0) is 24.1. The number of amides is 1. The third kappa shape index (κ3) is 5.52. The third-order valence-electron chi connectivity index (χ3n) is 5.58. The maximum absolute atomic E-state index is 14.2. The lowest BCUT2D eigenvalue weighted by Crippen LogP contribution is -2.45. The Morgan fingerprint density at radius 3 is 2.62 bits per heavy atom. The van der Waals surface area contributed by atoms with Crippen molar-refractivity contribution < 1.29 is 14.1 Å². The summed E-state index contributed by atoms with van der Waals surface area (Å²) >= 11 is 1.05. The van der Waals surface area contributed by atoms with Gasteiger partial charge in [0.2, 0.25) is 0 Å². The molecule has 0 atom stereocenters. The van der Waals surface area contributed by atoms with E-state index in [9.17, 15) is 19.3 Å². The standard InChI is InChI=1S/C24H24FN5O3S/c1-28-11-13-29(14-12-28)23-17(5-4-10-26-23)16-27-24(31)19-15-18(30(32)33)8-9-21(19)34-22-7-3-2-6-20(22)25/h2-10,15H,11-14,16H2,1H3,(H,27,31). The van der Waals surface area contributed by atoms with Gasteiger partial charge < -0.3 is 15.1 Å². The van der Waals surface area contributed by atoms with Crippen molar-refractivity contribution in [2.24, 2.45) is 0 Å². The van der Waals surface area contributed by atoms with E-state index in [4.69, 9.17) is 0 Å². The van der Waals surface area contributed by atoms with Crippen LogP contribution in [0.25, 0.3) is 0 Å². The molecule has 176 valence electrons. The second-order valence-corrected chi connectivity index (χ2v) is 9.01. The average molecular weight is 482 g/mol. The molecule has 0 bridgehead atoms. The van der Waals surface area contributed by atoms with E-state index in [1.165, 1.54) is 24.3 Å². The van der Waals surface area contributed by atoms with E-state index in [2.05, 4.69) is 27.1 Å². The molecule has 1 fully saturated rings. The summed E-state index contributed by atoms with van der Waals surface area (Å²) in [4.78, 5) is 33.6. The lowest BCUT2D eigenvalue weighted by atomic mass is 10.1. The smallest absolute Gasteiger partial charge is 0.270 e. The Bertz CT molecular complexity index is 1200. The van der Waals surface area contributed by atoms with E-state index < -0.39 is 16.6 Å². The molecule has 1 amide bonds. The molecule has 1 saturated heterocycles. The second kappa shape index (κ2) is 10.6. The average Bonchev–Trinajstić information content (AvgIpc) is 2.85. The van der Waals surface area contributed by atoms with Crippen molar-refractivity contribution in [3.05, 3.63) is 87.9 Å². The zero-order valence-corrected chi connectivity index (χ0v) is 19.4. The van der Waals surface area contributed by atoms with Gasteiger partial charge >= 0.3 is 0 Å². The normalized spacial score (nSPS) is 14.1. The summed E-state index contributed by atoms with van der Waals surface area (Å²) in [6, 6.07) is 13.9. The van der Waals surface area contributed by atoms with Crippen LogP contribution in [0.1, 0.15) is 15.9 Å². The molecule has 2 aromatic carbocycles. The molecule has 3 aromatic rings. The molecule has 0 spiro atoms. The number of carbonyl (C=O) groups is 1. The first kappa shape index (κ1) is 23.7. The summed E-state index contributed by atoms with van der Waals surface area (Å²) < 4.78 is 14.2. The molecule has 1 aromatic heterocycles. The number of hydrogen-bond donors (Lipinski definition) is 1. The zero-order valence-electron chi connectivity index (χ0n) is 18.6.